The number of carbonyl (C=O) groups excluding carboxylic acids is 2. The summed E-state index contributed by atoms with van der Waals surface area (Å²) in [5, 5.41) is 14.3. The number of urea groups is 1. The lowest BCUT2D eigenvalue weighted by molar-refractivity contribution is -0.117. The predicted molar refractivity (Wildman–Crippen MR) is 103 cm³/mol. The number of benzene rings is 1. The molecule has 0 aliphatic heterocycles. The summed E-state index contributed by atoms with van der Waals surface area (Å²) in [6.07, 6.45) is 0. The Morgan fingerprint density at radius 2 is 2.12 bits per heavy atom. The van der Waals surface area contributed by atoms with Crippen molar-refractivity contribution in [3.63, 3.8) is 0 Å². The zero-order valence-electron chi connectivity index (χ0n) is 14.2. The molecule has 3 rings (SSSR count). The van der Waals surface area contributed by atoms with Crippen LogP contribution in [0, 0.1) is 13.8 Å². The van der Waals surface area contributed by atoms with Crippen LogP contribution >= 0.6 is 23.1 Å². The van der Waals surface area contributed by atoms with E-state index >= 15 is 0 Å². The van der Waals surface area contributed by atoms with E-state index < -0.39 is 11.9 Å². The highest BCUT2D eigenvalue weighted by Crippen LogP contribution is 2.23. The van der Waals surface area contributed by atoms with Crippen LogP contribution in [0.25, 0.3) is 10.7 Å². The number of nitrogens with one attached hydrogen (secondary N) is 3. The van der Waals surface area contributed by atoms with Gasteiger partial charge in [0.05, 0.1) is 10.6 Å². The summed E-state index contributed by atoms with van der Waals surface area (Å²) >= 11 is 2.71. The van der Waals surface area contributed by atoms with Crippen LogP contribution in [-0.4, -0.2) is 32.9 Å². The van der Waals surface area contributed by atoms with E-state index in [-0.39, 0.29) is 5.75 Å². The maximum atomic E-state index is 11.9. The van der Waals surface area contributed by atoms with E-state index in [1.165, 1.54) is 0 Å². The molecule has 0 unspecified atom stereocenters. The number of carbonyl (C=O) groups is 2. The third kappa shape index (κ3) is 4.70. The lowest BCUT2D eigenvalue weighted by atomic mass is 10.1. The van der Waals surface area contributed by atoms with Crippen molar-refractivity contribution < 1.29 is 9.59 Å². The number of hydrogen-bond donors (Lipinski definition) is 3. The van der Waals surface area contributed by atoms with Crippen LogP contribution in [0.4, 0.5) is 10.5 Å². The van der Waals surface area contributed by atoms with E-state index in [0.717, 1.165) is 27.8 Å². The van der Waals surface area contributed by atoms with Crippen molar-refractivity contribution in [3.05, 3.63) is 46.8 Å². The number of anilines is 1. The Labute approximate surface area is 158 Å². The molecule has 0 fully saturated rings. The Balaban J connectivity index is 1.48. The summed E-state index contributed by atoms with van der Waals surface area (Å²) in [5.41, 5.74) is 2.71. The average molecular weight is 387 g/mol. The van der Waals surface area contributed by atoms with Crippen LogP contribution in [0.2, 0.25) is 0 Å². The number of aromatic nitrogens is 3. The highest BCUT2D eigenvalue weighted by molar-refractivity contribution is 7.99. The quantitative estimate of drug-likeness (QED) is 0.581. The van der Waals surface area contributed by atoms with Gasteiger partial charge in [-0.25, -0.2) is 9.78 Å². The molecule has 0 saturated carbocycles. The SMILES string of the molecule is Cc1ccc(NC(=O)NC(=O)CSc2n[nH]c(-c3cccs3)n2)c(C)c1. The normalized spacial score (nSPS) is 10.5. The lowest BCUT2D eigenvalue weighted by Gasteiger charge is -2.09. The first-order valence-corrected chi connectivity index (χ1v) is 9.65. The minimum atomic E-state index is -0.559. The van der Waals surface area contributed by atoms with E-state index in [4.69, 9.17) is 0 Å². The lowest BCUT2D eigenvalue weighted by Crippen LogP contribution is -2.35. The van der Waals surface area contributed by atoms with Gasteiger partial charge in [-0.15, -0.1) is 16.4 Å². The fourth-order valence-corrected chi connectivity index (χ4v) is 3.50. The molecule has 26 heavy (non-hydrogen) atoms. The van der Waals surface area contributed by atoms with Gasteiger partial charge in [0, 0.05) is 5.69 Å². The van der Waals surface area contributed by atoms with Crippen molar-refractivity contribution in [1.82, 2.24) is 20.5 Å². The standard InChI is InChI=1S/C17H17N5O2S2/c1-10-5-6-12(11(2)8-10)18-16(24)19-14(23)9-26-17-20-15(21-22-17)13-4-3-7-25-13/h3-8H,9H2,1-2H3,(H,20,21,22)(H2,18,19,23,24). The van der Waals surface area contributed by atoms with Gasteiger partial charge < -0.3 is 5.32 Å². The van der Waals surface area contributed by atoms with Gasteiger partial charge in [-0.05, 0) is 36.9 Å². The van der Waals surface area contributed by atoms with Gasteiger partial charge in [0.2, 0.25) is 11.1 Å². The summed E-state index contributed by atoms with van der Waals surface area (Å²) in [4.78, 5) is 29.2. The molecule has 0 radical (unpaired) electrons. The summed E-state index contributed by atoms with van der Waals surface area (Å²) < 4.78 is 0. The summed E-state index contributed by atoms with van der Waals surface area (Å²) in [6, 6.07) is 8.97. The average Bonchev–Trinajstić information content (AvgIpc) is 3.26. The molecule has 0 spiro atoms. The fraction of sp³-hybridized carbons (Fsp3) is 0.176. The monoisotopic (exact) mass is 387 g/mol. The summed E-state index contributed by atoms with van der Waals surface area (Å²) in [7, 11) is 0. The van der Waals surface area contributed by atoms with Crippen LogP contribution in [0.3, 0.4) is 0 Å². The number of aryl methyl sites for hydroxylation is 2. The number of hydrogen-bond acceptors (Lipinski definition) is 6. The van der Waals surface area contributed by atoms with Gasteiger partial charge >= 0.3 is 6.03 Å². The number of aromatic amines is 1. The molecule has 2 heterocycles. The fourth-order valence-electron chi connectivity index (χ4n) is 2.23. The third-order valence-corrected chi connectivity index (χ3v) is 5.16. The first kappa shape index (κ1) is 18.2. The highest BCUT2D eigenvalue weighted by atomic mass is 32.2. The van der Waals surface area contributed by atoms with E-state index in [9.17, 15) is 9.59 Å². The molecule has 0 bridgehead atoms. The zero-order chi connectivity index (χ0) is 18.5. The molecule has 134 valence electrons. The summed E-state index contributed by atoms with van der Waals surface area (Å²) in [5.74, 6) is 0.289. The van der Waals surface area contributed by atoms with Gasteiger partial charge in [0.1, 0.15) is 0 Å². The van der Waals surface area contributed by atoms with Crippen LogP contribution in [-0.2, 0) is 4.79 Å². The predicted octanol–water partition coefficient (Wildman–Crippen LogP) is 3.59. The Hall–Kier alpha value is -2.65. The van der Waals surface area contributed by atoms with Crippen molar-refractivity contribution >= 4 is 40.7 Å². The topological polar surface area (TPSA) is 99.8 Å². The van der Waals surface area contributed by atoms with E-state index in [1.807, 2.05) is 49.6 Å². The number of rotatable bonds is 5. The molecule has 3 amide bonds. The first-order valence-electron chi connectivity index (χ1n) is 7.78. The zero-order valence-corrected chi connectivity index (χ0v) is 15.8. The first-order chi connectivity index (χ1) is 12.5. The van der Waals surface area contributed by atoms with Gasteiger partial charge in [-0.2, -0.15) is 0 Å². The van der Waals surface area contributed by atoms with Crippen LogP contribution in [0.15, 0.2) is 40.9 Å². The molecular weight excluding hydrogens is 370 g/mol. The number of amides is 3. The number of imide groups is 1. The van der Waals surface area contributed by atoms with Crippen LogP contribution in [0.5, 0.6) is 0 Å². The minimum Gasteiger partial charge on any atom is -0.307 e. The molecule has 1 aromatic carbocycles. The second-order valence-corrected chi connectivity index (χ2v) is 7.44. The Bertz CT molecular complexity index is 921. The van der Waals surface area contributed by atoms with Crippen molar-refractivity contribution in [3.8, 4) is 10.7 Å². The maximum Gasteiger partial charge on any atom is 0.325 e. The third-order valence-electron chi connectivity index (χ3n) is 3.43. The molecule has 2 aromatic heterocycles. The van der Waals surface area contributed by atoms with Crippen molar-refractivity contribution in [2.24, 2.45) is 0 Å². The van der Waals surface area contributed by atoms with Gasteiger partial charge in [0.25, 0.3) is 0 Å². The maximum absolute atomic E-state index is 11.9. The molecule has 3 N–H and O–H groups in total. The molecule has 0 aliphatic rings. The summed E-state index contributed by atoms with van der Waals surface area (Å²) in [6.45, 7) is 3.87. The smallest absolute Gasteiger partial charge is 0.307 e. The Morgan fingerprint density at radius 1 is 1.27 bits per heavy atom. The van der Waals surface area contributed by atoms with Crippen molar-refractivity contribution in [2.75, 3.05) is 11.1 Å². The van der Waals surface area contributed by atoms with Gasteiger partial charge in [-0.1, -0.05) is 35.5 Å². The number of thioether (sulfide) groups is 1. The minimum absolute atomic E-state index is 0.0437. The van der Waals surface area contributed by atoms with Crippen molar-refractivity contribution in [1.29, 1.82) is 0 Å². The highest BCUT2D eigenvalue weighted by Gasteiger charge is 2.12. The molecule has 3 aromatic rings. The molecular formula is C17H17N5O2S2. The van der Waals surface area contributed by atoms with Crippen molar-refractivity contribution in [2.45, 2.75) is 19.0 Å². The van der Waals surface area contributed by atoms with Gasteiger partial charge in [0.15, 0.2) is 5.82 Å². The van der Waals surface area contributed by atoms with Crippen LogP contribution in [0.1, 0.15) is 11.1 Å². The molecule has 0 saturated heterocycles. The largest absolute Gasteiger partial charge is 0.325 e. The number of thiophene rings is 1. The molecule has 0 atom stereocenters. The van der Waals surface area contributed by atoms with E-state index in [1.54, 1.807) is 11.3 Å². The Morgan fingerprint density at radius 3 is 2.85 bits per heavy atom. The number of H-pyrrole nitrogens is 1. The van der Waals surface area contributed by atoms with Crippen LogP contribution < -0.4 is 10.6 Å². The second kappa shape index (κ2) is 8.15. The molecule has 7 nitrogen and oxygen atoms in total. The van der Waals surface area contributed by atoms with E-state index in [2.05, 4.69) is 25.8 Å². The number of nitrogens with zero attached hydrogens (tertiary/aromatic N) is 2. The Kier molecular flexibility index (Phi) is 5.69. The molecule has 9 heteroatoms. The molecule has 0 aliphatic carbocycles. The second-order valence-electron chi connectivity index (χ2n) is 5.55. The van der Waals surface area contributed by atoms with Gasteiger partial charge in [-0.3, -0.25) is 15.2 Å². The van der Waals surface area contributed by atoms with E-state index in [0.29, 0.717) is 16.7 Å².